The predicted molar refractivity (Wildman–Crippen MR) is 76.3 cm³/mol. The molecule has 0 unspecified atom stereocenters. The number of carboxylic acid groups (broad SMARTS) is 1. The summed E-state index contributed by atoms with van der Waals surface area (Å²) in [7, 11) is 0. The zero-order chi connectivity index (χ0) is 15.0. The summed E-state index contributed by atoms with van der Waals surface area (Å²) in [4.78, 5) is 23.9. The number of hydrogen-bond acceptors (Lipinski definition) is 3. The number of nitrogens with one attached hydrogen (secondary N) is 1. The number of rotatable bonds is 4. The maximum Gasteiger partial charge on any atom is 0.307 e. The number of carbonyl (C=O) groups excluding carboxylic acids is 1. The van der Waals surface area contributed by atoms with Gasteiger partial charge < -0.3 is 15.5 Å². The molecule has 110 valence electrons. The van der Waals surface area contributed by atoms with Gasteiger partial charge in [-0.05, 0) is 36.0 Å². The van der Waals surface area contributed by atoms with Crippen molar-refractivity contribution in [3.63, 3.8) is 0 Å². The van der Waals surface area contributed by atoms with Gasteiger partial charge in [0.25, 0.3) is 0 Å². The highest BCUT2D eigenvalue weighted by molar-refractivity contribution is 5.96. The summed E-state index contributed by atoms with van der Waals surface area (Å²) in [6, 6.07) is 6.93. The van der Waals surface area contributed by atoms with Gasteiger partial charge in [-0.15, -0.1) is 0 Å². The summed E-state index contributed by atoms with van der Waals surface area (Å²) < 4.78 is 0. The van der Waals surface area contributed by atoms with E-state index in [1.807, 2.05) is 12.2 Å². The molecule has 1 fully saturated rings. The Morgan fingerprint density at radius 2 is 1.90 bits per heavy atom. The lowest BCUT2D eigenvalue weighted by atomic mass is 9.82. The van der Waals surface area contributed by atoms with Gasteiger partial charge in [0.1, 0.15) is 0 Å². The van der Waals surface area contributed by atoms with Crippen LogP contribution in [0.15, 0.2) is 36.4 Å². The number of carboxylic acids is 1. The minimum absolute atomic E-state index is 0.0112. The summed E-state index contributed by atoms with van der Waals surface area (Å²) in [6.45, 7) is -0.0989. The van der Waals surface area contributed by atoms with E-state index >= 15 is 0 Å². The molecule has 1 aromatic rings. The van der Waals surface area contributed by atoms with Crippen LogP contribution in [-0.2, 0) is 16.2 Å². The summed E-state index contributed by atoms with van der Waals surface area (Å²) in [5.74, 6) is -2.34. The first kappa shape index (κ1) is 13.8. The van der Waals surface area contributed by atoms with Crippen molar-refractivity contribution >= 4 is 17.6 Å². The smallest absolute Gasteiger partial charge is 0.307 e. The molecule has 2 aliphatic carbocycles. The van der Waals surface area contributed by atoms with Gasteiger partial charge in [-0.2, -0.15) is 0 Å². The van der Waals surface area contributed by atoms with E-state index in [1.165, 1.54) is 0 Å². The van der Waals surface area contributed by atoms with E-state index in [9.17, 15) is 14.7 Å². The maximum absolute atomic E-state index is 12.4. The third-order valence-corrected chi connectivity index (χ3v) is 4.42. The molecule has 5 heteroatoms. The fraction of sp³-hybridized carbons (Fsp3) is 0.375. The summed E-state index contributed by atoms with van der Waals surface area (Å²) >= 11 is 0. The lowest BCUT2D eigenvalue weighted by Crippen LogP contribution is -2.36. The normalized spacial score (nSPS) is 29.6. The average molecular weight is 287 g/mol. The number of carbonyl (C=O) groups is 2. The van der Waals surface area contributed by atoms with Gasteiger partial charge >= 0.3 is 5.97 Å². The van der Waals surface area contributed by atoms with Crippen LogP contribution in [0, 0.1) is 23.7 Å². The Balaban J connectivity index is 1.78. The molecule has 2 aliphatic rings. The standard InChI is InChI=1S/C16H17NO4/c18-8-9-2-1-3-12(6-9)17-15(19)13-10-4-5-11(7-10)14(13)16(20)21/h1-6,10-11,13-14,18H,7-8H2,(H,17,19)(H,20,21)/t10-,11-,13+,14-/m0/s1. The van der Waals surface area contributed by atoms with E-state index < -0.39 is 17.8 Å². The number of amides is 1. The number of anilines is 1. The SMILES string of the molecule is O=C(O)[C@@H]1[C@H](C(=O)Nc2cccc(CO)c2)[C@H]2C=C[C@H]1C2. The van der Waals surface area contributed by atoms with Crippen molar-refractivity contribution in [2.45, 2.75) is 13.0 Å². The van der Waals surface area contributed by atoms with Gasteiger partial charge in [0, 0.05) is 5.69 Å². The quantitative estimate of drug-likeness (QED) is 0.735. The van der Waals surface area contributed by atoms with Gasteiger partial charge in [0.2, 0.25) is 5.91 Å². The Morgan fingerprint density at radius 1 is 1.19 bits per heavy atom. The minimum Gasteiger partial charge on any atom is -0.481 e. The highest BCUT2D eigenvalue weighted by Gasteiger charge is 2.51. The molecule has 1 saturated carbocycles. The molecular formula is C16H17NO4. The van der Waals surface area contributed by atoms with Crippen molar-refractivity contribution < 1.29 is 19.8 Å². The van der Waals surface area contributed by atoms with E-state index in [4.69, 9.17) is 5.11 Å². The van der Waals surface area contributed by atoms with E-state index in [-0.39, 0.29) is 24.3 Å². The third-order valence-electron chi connectivity index (χ3n) is 4.42. The van der Waals surface area contributed by atoms with E-state index in [0.29, 0.717) is 11.3 Å². The number of allylic oxidation sites excluding steroid dienone is 2. The van der Waals surface area contributed by atoms with Crippen LogP contribution in [0.3, 0.4) is 0 Å². The van der Waals surface area contributed by atoms with Crippen LogP contribution < -0.4 is 5.32 Å². The summed E-state index contributed by atoms with van der Waals surface area (Å²) in [6.07, 6.45) is 4.61. The zero-order valence-corrected chi connectivity index (χ0v) is 11.4. The third kappa shape index (κ3) is 2.45. The highest BCUT2D eigenvalue weighted by atomic mass is 16.4. The number of fused-ring (bicyclic) bond motifs is 2. The second-order valence-corrected chi connectivity index (χ2v) is 5.69. The largest absolute Gasteiger partial charge is 0.481 e. The van der Waals surface area contributed by atoms with Crippen LogP contribution in [0.2, 0.25) is 0 Å². The van der Waals surface area contributed by atoms with Gasteiger partial charge in [-0.3, -0.25) is 9.59 Å². The van der Waals surface area contributed by atoms with Crippen LogP contribution in [0.4, 0.5) is 5.69 Å². The number of aliphatic carboxylic acids is 1. The van der Waals surface area contributed by atoms with Crippen LogP contribution in [0.25, 0.3) is 0 Å². The molecule has 0 saturated heterocycles. The predicted octanol–water partition coefficient (Wildman–Crippen LogP) is 1.64. The zero-order valence-electron chi connectivity index (χ0n) is 11.4. The van der Waals surface area contributed by atoms with Crippen molar-refractivity contribution in [3.8, 4) is 0 Å². The molecular weight excluding hydrogens is 270 g/mol. The molecule has 3 rings (SSSR count). The second-order valence-electron chi connectivity index (χ2n) is 5.69. The molecule has 0 spiro atoms. The molecule has 4 atom stereocenters. The lowest BCUT2D eigenvalue weighted by molar-refractivity contribution is -0.146. The maximum atomic E-state index is 12.4. The van der Waals surface area contributed by atoms with E-state index in [0.717, 1.165) is 6.42 Å². The molecule has 0 heterocycles. The van der Waals surface area contributed by atoms with Crippen LogP contribution in [0.5, 0.6) is 0 Å². The van der Waals surface area contributed by atoms with Crippen molar-refractivity contribution in [1.29, 1.82) is 0 Å². The number of aliphatic hydroxyl groups is 1. The molecule has 3 N–H and O–H groups in total. The van der Waals surface area contributed by atoms with Gasteiger partial charge in [0.15, 0.2) is 0 Å². The molecule has 0 radical (unpaired) electrons. The molecule has 5 nitrogen and oxygen atoms in total. The minimum atomic E-state index is -0.906. The average Bonchev–Trinajstić information content (AvgIpc) is 3.07. The van der Waals surface area contributed by atoms with Gasteiger partial charge in [0.05, 0.1) is 18.4 Å². The van der Waals surface area contributed by atoms with E-state index in [1.54, 1.807) is 24.3 Å². The van der Waals surface area contributed by atoms with E-state index in [2.05, 4.69) is 5.32 Å². The first-order valence-corrected chi connectivity index (χ1v) is 7.02. The Labute approximate surface area is 122 Å². The van der Waals surface area contributed by atoms with Gasteiger partial charge in [-0.25, -0.2) is 0 Å². The Hall–Kier alpha value is -2.14. The lowest BCUT2D eigenvalue weighted by Gasteiger charge is -2.23. The number of benzene rings is 1. The Kier molecular flexibility index (Phi) is 3.51. The fourth-order valence-corrected chi connectivity index (χ4v) is 3.49. The fourth-order valence-electron chi connectivity index (χ4n) is 3.49. The molecule has 21 heavy (non-hydrogen) atoms. The second kappa shape index (κ2) is 5.33. The Bertz CT molecular complexity index is 610. The molecule has 1 aromatic carbocycles. The van der Waals surface area contributed by atoms with Crippen LogP contribution in [0.1, 0.15) is 12.0 Å². The number of hydrogen-bond donors (Lipinski definition) is 3. The first-order valence-electron chi connectivity index (χ1n) is 7.02. The highest BCUT2D eigenvalue weighted by Crippen LogP contribution is 2.48. The summed E-state index contributed by atoms with van der Waals surface area (Å²) in [5.41, 5.74) is 1.29. The molecule has 1 amide bonds. The van der Waals surface area contributed by atoms with Crippen molar-refractivity contribution in [2.24, 2.45) is 23.7 Å². The van der Waals surface area contributed by atoms with Crippen LogP contribution in [-0.4, -0.2) is 22.1 Å². The molecule has 0 aliphatic heterocycles. The topological polar surface area (TPSA) is 86.6 Å². The first-order chi connectivity index (χ1) is 10.1. The molecule has 0 aromatic heterocycles. The summed E-state index contributed by atoms with van der Waals surface area (Å²) in [5, 5.41) is 21.2. The Morgan fingerprint density at radius 3 is 2.57 bits per heavy atom. The molecule has 2 bridgehead atoms. The van der Waals surface area contributed by atoms with Gasteiger partial charge in [-0.1, -0.05) is 24.3 Å². The van der Waals surface area contributed by atoms with Crippen LogP contribution >= 0.6 is 0 Å². The monoisotopic (exact) mass is 287 g/mol. The number of aliphatic hydroxyl groups excluding tert-OH is 1. The van der Waals surface area contributed by atoms with Crippen molar-refractivity contribution in [2.75, 3.05) is 5.32 Å². The van der Waals surface area contributed by atoms with Crippen molar-refractivity contribution in [1.82, 2.24) is 0 Å². The van der Waals surface area contributed by atoms with Crippen molar-refractivity contribution in [3.05, 3.63) is 42.0 Å².